The Morgan fingerprint density at radius 2 is 1.88 bits per heavy atom. The zero-order chi connectivity index (χ0) is 28.4. The first-order valence-corrected chi connectivity index (χ1v) is 15.0. The van der Waals surface area contributed by atoms with Gasteiger partial charge in [0.25, 0.3) is 5.91 Å². The maximum Gasteiger partial charge on any atom is 0.254 e. The van der Waals surface area contributed by atoms with E-state index in [1.165, 1.54) is 22.5 Å². The standard InChI is InChI=1S/C30H34FN3O5S/c1-20-9-10-21(2)24(15-20)30(35)33-17-28(38-3)29(18-33)39-23-11-12-25(31)22(16-23)19-40(36,37)34-14-6-8-27(34)26-7-4-5-13-32-26/h4-5,7,9-13,15-16,27-29H,6,8,14,17-19H2,1-3H3/t27?,28-,29-/m1/s1. The molecule has 1 unspecified atom stereocenters. The third kappa shape index (κ3) is 5.89. The highest BCUT2D eigenvalue weighted by atomic mass is 32.2. The molecule has 0 aliphatic carbocycles. The molecule has 0 bridgehead atoms. The third-order valence-electron chi connectivity index (χ3n) is 7.66. The summed E-state index contributed by atoms with van der Waals surface area (Å²) in [5.74, 6) is -0.892. The van der Waals surface area contributed by atoms with Crippen LogP contribution < -0.4 is 4.74 Å². The number of pyridine rings is 1. The molecule has 2 aliphatic rings. The van der Waals surface area contributed by atoms with E-state index in [9.17, 15) is 17.6 Å². The minimum Gasteiger partial charge on any atom is -0.486 e. The van der Waals surface area contributed by atoms with Crippen LogP contribution in [0.25, 0.3) is 0 Å². The normalized spacial score (nSPS) is 21.6. The van der Waals surface area contributed by atoms with Crippen LogP contribution in [0.3, 0.4) is 0 Å². The predicted octanol–water partition coefficient (Wildman–Crippen LogP) is 4.42. The molecule has 2 saturated heterocycles. The lowest BCUT2D eigenvalue weighted by atomic mass is 10.0. The first-order chi connectivity index (χ1) is 19.2. The monoisotopic (exact) mass is 567 g/mol. The van der Waals surface area contributed by atoms with Crippen molar-refractivity contribution in [1.82, 2.24) is 14.2 Å². The van der Waals surface area contributed by atoms with Crippen LogP contribution in [0.4, 0.5) is 4.39 Å². The zero-order valence-corrected chi connectivity index (χ0v) is 23.7. The number of benzene rings is 2. The maximum atomic E-state index is 14.9. The lowest BCUT2D eigenvalue weighted by Crippen LogP contribution is -2.33. The number of ether oxygens (including phenoxy) is 2. The van der Waals surface area contributed by atoms with Gasteiger partial charge in [-0.2, -0.15) is 4.31 Å². The summed E-state index contributed by atoms with van der Waals surface area (Å²) in [6.07, 6.45) is 2.13. The van der Waals surface area contributed by atoms with Gasteiger partial charge in [0.15, 0.2) is 0 Å². The molecule has 3 heterocycles. The molecule has 2 fully saturated rings. The second-order valence-corrected chi connectivity index (χ2v) is 12.4. The fourth-order valence-electron chi connectivity index (χ4n) is 5.52. The molecule has 212 valence electrons. The summed E-state index contributed by atoms with van der Waals surface area (Å²) in [6.45, 7) is 4.84. The van der Waals surface area contributed by atoms with Gasteiger partial charge in [-0.15, -0.1) is 0 Å². The van der Waals surface area contributed by atoms with Gasteiger partial charge >= 0.3 is 0 Å². The highest BCUT2D eigenvalue weighted by molar-refractivity contribution is 7.88. The molecule has 5 rings (SSSR count). The Morgan fingerprint density at radius 3 is 2.62 bits per heavy atom. The van der Waals surface area contributed by atoms with E-state index in [4.69, 9.17) is 9.47 Å². The smallest absolute Gasteiger partial charge is 0.254 e. The lowest BCUT2D eigenvalue weighted by Gasteiger charge is -2.24. The molecule has 0 N–H and O–H groups in total. The van der Waals surface area contributed by atoms with E-state index in [0.717, 1.165) is 11.1 Å². The third-order valence-corrected chi connectivity index (χ3v) is 9.49. The van der Waals surface area contributed by atoms with E-state index >= 15 is 0 Å². The van der Waals surface area contributed by atoms with E-state index in [-0.39, 0.29) is 24.1 Å². The molecule has 0 spiro atoms. The van der Waals surface area contributed by atoms with Crippen molar-refractivity contribution in [3.63, 3.8) is 0 Å². The molecular formula is C30H34FN3O5S. The summed E-state index contributed by atoms with van der Waals surface area (Å²) in [6, 6.07) is 15.0. The Bertz CT molecular complexity index is 1480. The van der Waals surface area contributed by atoms with E-state index in [1.807, 2.05) is 44.2 Å². The molecule has 8 nitrogen and oxygen atoms in total. The summed E-state index contributed by atoms with van der Waals surface area (Å²) in [5.41, 5.74) is 3.24. The van der Waals surface area contributed by atoms with Crippen LogP contribution >= 0.6 is 0 Å². The van der Waals surface area contributed by atoms with Gasteiger partial charge in [-0.25, -0.2) is 12.8 Å². The Balaban J connectivity index is 1.31. The second-order valence-electron chi connectivity index (χ2n) is 10.5. The summed E-state index contributed by atoms with van der Waals surface area (Å²) in [4.78, 5) is 19.3. The number of carbonyl (C=O) groups excluding carboxylic acids is 1. The molecular weight excluding hydrogens is 533 g/mol. The Labute approximate surface area is 234 Å². The Hall–Kier alpha value is -3.34. The zero-order valence-electron chi connectivity index (χ0n) is 22.9. The van der Waals surface area contributed by atoms with Gasteiger partial charge < -0.3 is 14.4 Å². The number of nitrogens with zero attached hydrogens (tertiary/aromatic N) is 3. The summed E-state index contributed by atoms with van der Waals surface area (Å²) in [7, 11) is -2.27. The van der Waals surface area contributed by atoms with Crippen molar-refractivity contribution < 1.29 is 27.1 Å². The fraction of sp³-hybridized carbons (Fsp3) is 0.400. The summed E-state index contributed by atoms with van der Waals surface area (Å²) < 4.78 is 54.9. The lowest BCUT2D eigenvalue weighted by molar-refractivity contribution is 0.0339. The van der Waals surface area contributed by atoms with Crippen LogP contribution in [0.15, 0.2) is 60.8 Å². The Kier molecular flexibility index (Phi) is 8.21. The summed E-state index contributed by atoms with van der Waals surface area (Å²) >= 11 is 0. The van der Waals surface area contributed by atoms with Crippen molar-refractivity contribution in [1.29, 1.82) is 0 Å². The molecule has 1 aromatic heterocycles. The number of halogens is 1. The number of hydrogen-bond acceptors (Lipinski definition) is 6. The minimum atomic E-state index is -3.83. The average molecular weight is 568 g/mol. The SMILES string of the molecule is CO[C@@H]1CN(C(=O)c2cc(C)ccc2C)C[C@H]1Oc1ccc(F)c(CS(=O)(=O)N2CCCC2c2ccccn2)c1. The number of aromatic nitrogens is 1. The topological polar surface area (TPSA) is 89.0 Å². The number of sulfonamides is 1. The van der Waals surface area contributed by atoms with E-state index < -0.39 is 33.8 Å². The van der Waals surface area contributed by atoms with Crippen LogP contribution in [0.5, 0.6) is 5.75 Å². The maximum absolute atomic E-state index is 14.9. The molecule has 40 heavy (non-hydrogen) atoms. The molecule has 2 aliphatic heterocycles. The van der Waals surface area contributed by atoms with Crippen molar-refractivity contribution in [2.45, 2.75) is 50.7 Å². The van der Waals surface area contributed by atoms with Crippen molar-refractivity contribution in [2.75, 3.05) is 26.7 Å². The fourth-order valence-corrected chi connectivity index (χ4v) is 7.31. The van der Waals surface area contributed by atoms with Gasteiger partial charge in [-0.05, 0) is 68.7 Å². The molecule has 1 amide bonds. The predicted molar refractivity (Wildman–Crippen MR) is 149 cm³/mol. The van der Waals surface area contributed by atoms with Crippen LogP contribution in [0.1, 0.15) is 51.6 Å². The minimum absolute atomic E-state index is 0.0273. The highest BCUT2D eigenvalue weighted by Crippen LogP contribution is 2.35. The van der Waals surface area contributed by atoms with E-state index in [1.54, 1.807) is 24.3 Å². The van der Waals surface area contributed by atoms with Crippen LogP contribution in [0.2, 0.25) is 0 Å². The van der Waals surface area contributed by atoms with Gasteiger partial charge in [-0.3, -0.25) is 9.78 Å². The number of rotatable bonds is 8. The van der Waals surface area contributed by atoms with Gasteiger partial charge in [-0.1, -0.05) is 23.8 Å². The Morgan fingerprint density at radius 1 is 1.07 bits per heavy atom. The van der Waals surface area contributed by atoms with E-state index in [0.29, 0.717) is 42.9 Å². The number of amides is 1. The van der Waals surface area contributed by atoms with Crippen molar-refractivity contribution in [3.05, 3.63) is 94.6 Å². The van der Waals surface area contributed by atoms with Crippen LogP contribution in [-0.4, -0.2) is 67.5 Å². The van der Waals surface area contributed by atoms with Crippen LogP contribution in [-0.2, 0) is 20.5 Å². The van der Waals surface area contributed by atoms with E-state index in [2.05, 4.69) is 4.98 Å². The van der Waals surface area contributed by atoms with Crippen molar-refractivity contribution in [3.8, 4) is 5.75 Å². The van der Waals surface area contributed by atoms with Crippen molar-refractivity contribution >= 4 is 15.9 Å². The quantitative estimate of drug-likeness (QED) is 0.400. The molecule has 3 aromatic rings. The number of methoxy groups -OCH3 is 1. The van der Waals surface area contributed by atoms with Gasteiger partial charge in [0.05, 0.1) is 30.6 Å². The molecule has 2 aromatic carbocycles. The van der Waals surface area contributed by atoms with Crippen LogP contribution in [0, 0.1) is 19.7 Å². The molecule has 0 radical (unpaired) electrons. The number of carbonyl (C=O) groups is 1. The van der Waals surface area contributed by atoms with Gasteiger partial charge in [0.2, 0.25) is 10.0 Å². The first-order valence-electron chi connectivity index (χ1n) is 13.4. The largest absolute Gasteiger partial charge is 0.486 e. The average Bonchev–Trinajstić information content (AvgIpc) is 3.60. The van der Waals surface area contributed by atoms with Gasteiger partial charge in [0.1, 0.15) is 23.8 Å². The molecule has 0 saturated carbocycles. The highest BCUT2D eigenvalue weighted by Gasteiger charge is 2.39. The number of hydrogen-bond donors (Lipinski definition) is 0. The summed E-state index contributed by atoms with van der Waals surface area (Å²) in [5, 5.41) is 0. The number of aryl methyl sites for hydroxylation is 2. The molecule has 10 heteroatoms. The first kappa shape index (κ1) is 28.2. The van der Waals surface area contributed by atoms with Crippen molar-refractivity contribution in [2.24, 2.45) is 0 Å². The number of likely N-dealkylation sites (tertiary alicyclic amines) is 1. The van der Waals surface area contributed by atoms with Gasteiger partial charge in [0, 0.05) is 31.0 Å². The second kappa shape index (κ2) is 11.6. The molecule has 3 atom stereocenters.